The summed E-state index contributed by atoms with van der Waals surface area (Å²) in [5.74, 6) is 0. The molecule has 21 heavy (non-hydrogen) atoms. The van der Waals surface area contributed by atoms with Crippen LogP contribution in [0.3, 0.4) is 0 Å². The van der Waals surface area contributed by atoms with Crippen molar-refractivity contribution in [3.05, 3.63) is 65.2 Å². The van der Waals surface area contributed by atoms with Crippen LogP contribution in [0.5, 0.6) is 0 Å². The summed E-state index contributed by atoms with van der Waals surface area (Å²) in [6, 6.07) is 17.6. The third kappa shape index (κ3) is 3.97. The van der Waals surface area contributed by atoms with Gasteiger partial charge in [0, 0.05) is 24.3 Å². The van der Waals surface area contributed by atoms with Crippen molar-refractivity contribution in [2.45, 2.75) is 12.1 Å². The Morgan fingerprint density at radius 2 is 1.71 bits per heavy atom. The molecule has 3 nitrogen and oxygen atoms in total. The molecule has 0 aliphatic rings. The molecule has 0 saturated heterocycles. The van der Waals surface area contributed by atoms with Crippen LogP contribution < -0.4 is 10.2 Å². The zero-order valence-electron chi connectivity index (χ0n) is 12.3. The summed E-state index contributed by atoms with van der Waals surface area (Å²) in [7, 11) is 3.83. The third-order valence-electron chi connectivity index (χ3n) is 3.57. The van der Waals surface area contributed by atoms with Gasteiger partial charge in [-0.25, -0.2) is 0 Å². The molecule has 0 heterocycles. The van der Waals surface area contributed by atoms with E-state index in [0.717, 1.165) is 11.3 Å². The molecule has 0 aliphatic carbocycles. The van der Waals surface area contributed by atoms with Gasteiger partial charge < -0.3 is 15.3 Å². The van der Waals surface area contributed by atoms with Gasteiger partial charge in [-0.1, -0.05) is 41.9 Å². The van der Waals surface area contributed by atoms with Gasteiger partial charge in [-0.15, -0.1) is 0 Å². The van der Waals surface area contributed by atoms with Gasteiger partial charge in [0.15, 0.2) is 0 Å². The van der Waals surface area contributed by atoms with Crippen LogP contribution in [-0.2, 0) is 0 Å². The number of nitrogens with one attached hydrogen (secondary N) is 1. The van der Waals surface area contributed by atoms with Gasteiger partial charge in [-0.05, 0) is 36.9 Å². The Bertz CT molecular complexity index is 544. The second kappa shape index (κ2) is 7.46. The van der Waals surface area contributed by atoms with Crippen molar-refractivity contribution in [2.75, 3.05) is 25.5 Å². The normalized spacial score (nSPS) is 13.7. The minimum absolute atomic E-state index is 0.125. The molecular weight excluding hydrogens is 284 g/mol. The van der Waals surface area contributed by atoms with Gasteiger partial charge in [-0.3, -0.25) is 0 Å². The maximum Gasteiger partial charge on any atom is 0.0909 e. The fraction of sp³-hybridized carbons (Fsp3) is 0.294. The van der Waals surface area contributed by atoms with Crippen LogP contribution in [0.1, 0.15) is 11.6 Å². The van der Waals surface area contributed by atoms with Crippen LogP contribution in [0.25, 0.3) is 0 Å². The maximum atomic E-state index is 10.5. The molecular formula is C17H21ClN2O. The zero-order chi connectivity index (χ0) is 15.2. The lowest BCUT2D eigenvalue weighted by molar-refractivity contribution is 0.142. The van der Waals surface area contributed by atoms with Crippen molar-refractivity contribution in [1.82, 2.24) is 5.32 Å². The van der Waals surface area contributed by atoms with E-state index in [-0.39, 0.29) is 6.04 Å². The molecule has 4 heteroatoms. The SMILES string of the molecule is CNCC(O)C(c1ccccc1)N(C)c1ccc(Cl)cc1. The first-order valence-corrected chi connectivity index (χ1v) is 7.37. The van der Waals surface area contributed by atoms with Crippen LogP contribution in [0.2, 0.25) is 5.02 Å². The molecule has 2 unspecified atom stereocenters. The molecule has 2 aromatic carbocycles. The van der Waals surface area contributed by atoms with Gasteiger partial charge in [0.1, 0.15) is 0 Å². The molecule has 0 radical (unpaired) electrons. The van der Waals surface area contributed by atoms with E-state index in [4.69, 9.17) is 11.6 Å². The fourth-order valence-electron chi connectivity index (χ4n) is 2.51. The lowest BCUT2D eigenvalue weighted by Crippen LogP contribution is -2.39. The van der Waals surface area contributed by atoms with E-state index in [2.05, 4.69) is 10.2 Å². The van der Waals surface area contributed by atoms with Crippen LogP contribution in [0, 0.1) is 0 Å². The van der Waals surface area contributed by atoms with Crippen molar-refractivity contribution in [2.24, 2.45) is 0 Å². The molecule has 2 atom stereocenters. The van der Waals surface area contributed by atoms with E-state index < -0.39 is 6.10 Å². The second-order valence-electron chi connectivity index (χ2n) is 5.07. The standard InChI is InChI=1S/C17H21ClN2O/c1-19-12-16(21)17(13-6-4-3-5-7-13)20(2)15-10-8-14(18)9-11-15/h3-11,16-17,19,21H,12H2,1-2H3. The summed E-state index contributed by atoms with van der Waals surface area (Å²) in [4.78, 5) is 2.08. The number of aliphatic hydroxyl groups is 1. The van der Waals surface area contributed by atoms with Gasteiger partial charge in [0.25, 0.3) is 0 Å². The molecule has 0 aliphatic heterocycles. The van der Waals surface area contributed by atoms with Gasteiger partial charge in [-0.2, -0.15) is 0 Å². The van der Waals surface area contributed by atoms with Crippen LogP contribution >= 0.6 is 11.6 Å². The van der Waals surface area contributed by atoms with Crippen molar-refractivity contribution in [3.8, 4) is 0 Å². The average Bonchev–Trinajstić information content (AvgIpc) is 2.49. The minimum Gasteiger partial charge on any atom is -0.389 e. The predicted molar refractivity (Wildman–Crippen MR) is 89.0 cm³/mol. The van der Waals surface area contributed by atoms with Crippen molar-refractivity contribution >= 4 is 17.3 Å². The highest BCUT2D eigenvalue weighted by Crippen LogP contribution is 2.29. The lowest BCUT2D eigenvalue weighted by atomic mass is 9.99. The number of aliphatic hydroxyl groups excluding tert-OH is 1. The van der Waals surface area contributed by atoms with Crippen LogP contribution in [0.15, 0.2) is 54.6 Å². The molecule has 112 valence electrons. The summed E-state index contributed by atoms with van der Waals surface area (Å²) < 4.78 is 0. The number of halogens is 1. The number of rotatable bonds is 6. The first kappa shape index (κ1) is 15.8. The number of likely N-dealkylation sites (N-methyl/N-ethyl adjacent to an activating group) is 2. The number of hydrogen-bond acceptors (Lipinski definition) is 3. The summed E-state index contributed by atoms with van der Waals surface area (Å²) in [6.07, 6.45) is -0.516. The first-order valence-electron chi connectivity index (χ1n) is 6.99. The molecule has 0 saturated carbocycles. The molecule has 2 rings (SSSR count). The van der Waals surface area contributed by atoms with E-state index in [1.54, 1.807) is 0 Å². The summed E-state index contributed by atoms with van der Waals surface area (Å²) in [6.45, 7) is 0.525. The molecule has 0 amide bonds. The van der Waals surface area contributed by atoms with Crippen molar-refractivity contribution < 1.29 is 5.11 Å². The molecule has 2 N–H and O–H groups in total. The van der Waals surface area contributed by atoms with E-state index >= 15 is 0 Å². The summed E-state index contributed by atoms with van der Waals surface area (Å²) in [5.41, 5.74) is 2.10. The number of nitrogens with zero attached hydrogens (tertiary/aromatic N) is 1. The fourth-order valence-corrected chi connectivity index (χ4v) is 2.64. The largest absolute Gasteiger partial charge is 0.389 e. The van der Waals surface area contributed by atoms with E-state index in [0.29, 0.717) is 11.6 Å². The Morgan fingerprint density at radius 1 is 1.10 bits per heavy atom. The predicted octanol–water partition coefficient (Wildman–Crippen LogP) is 3.10. The van der Waals surface area contributed by atoms with E-state index in [1.165, 1.54) is 0 Å². The molecule has 0 bridgehead atoms. The molecule has 0 aromatic heterocycles. The highest BCUT2D eigenvalue weighted by molar-refractivity contribution is 6.30. The van der Waals surface area contributed by atoms with E-state index in [1.807, 2.05) is 68.7 Å². The van der Waals surface area contributed by atoms with Crippen molar-refractivity contribution in [3.63, 3.8) is 0 Å². The minimum atomic E-state index is -0.516. The quantitative estimate of drug-likeness (QED) is 0.861. The molecule has 0 fully saturated rings. The Kier molecular flexibility index (Phi) is 5.62. The van der Waals surface area contributed by atoms with Gasteiger partial charge >= 0.3 is 0 Å². The van der Waals surface area contributed by atoms with Gasteiger partial charge in [0.2, 0.25) is 0 Å². The van der Waals surface area contributed by atoms with Gasteiger partial charge in [0.05, 0.1) is 12.1 Å². The number of hydrogen-bond donors (Lipinski definition) is 2. The highest BCUT2D eigenvalue weighted by Gasteiger charge is 2.25. The smallest absolute Gasteiger partial charge is 0.0909 e. The maximum absolute atomic E-state index is 10.5. The Labute approximate surface area is 131 Å². The topological polar surface area (TPSA) is 35.5 Å². The highest BCUT2D eigenvalue weighted by atomic mass is 35.5. The number of benzene rings is 2. The van der Waals surface area contributed by atoms with Crippen LogP contribution in [0.4, 0.5) is 5.69 Å². The number of anilines is 1. The lowest BCUT2D eigenvalue weighted by Gasteiger charge is -2.34. The second-order valence-corrected chi connectivity index (χ2v) is 5.50. The Morgan fingerprint density at radius 3 is 2.29 bits per heavy atom. The average molecular weight is 305 g/mol. The monoisotopic (exact) mass is 304 g/mol. The third-order valence-corrected chi connectivity index (χ3v) is 3.82. The molecule has 2 aromatic rings. The first-order chi connectivity index (χ1) is 10.1. The Hall–Kier alpha value is -1.55. The summed E-state index contributed by atoms with van der Waals surface area (Å²) in [5, 5.41) is 14.3. The Balaban J connectivity index is 2.32. The summed E-state index contributed by atoms with van der Waals surface area (Å²) >= 11 is 5.95. The van der Waals surface area contributed by atoms with Crippen molar-refractivity contribution in [1.29, 1.82) is 0 Å². The molecule has 0 spiro atoms. The zero-order valence-corrected chi connectivity index (χ0v) is 13.1. The van der Waals surface area contributed by atoms with Crippen LogP contribution in [-0.4, -0.2) is 31.9 Å². The van der Waals surface area contributed by atoms with E-state index in [9.17, 15) is 5.11 Å².